The van der Waals surface area contributed by atoms with Gasteiger partial charge >= 0.3 is 0 Å². The molecule has 0 saturated carbocycles. The minimum absolute atomic E-state index is 0.00336. The predicted octanol–water partition coefficient (Wildman–Crippen LogP) is 3.82. The van der Waals surface area contributed by atoms with Gasteiger partial charge in [-0.3, -0.25) is 9.78 Å². The van der Waals surface area contributed by atoms with Crippen molar-refractivity contribution >= 4 is 5.91 Å². The van der Waals surface area contributed by atoms with E-state index in [1.54, 1.807) is 6.07 Å². The minimum Gasteiger partial charge on any atom is -0.360 e. The highest BCUT2D eigenvalue weighted by Crippen LogP contribution is 2.24. The lowest BCUT2D eigenvalue weighted by Gasteiger charge is -2.35. The maximum Gasteiger partial charge on any atom is 0.276 e. The van der Waals surface area contributed by atoms with Gasteiger partial charge in [-0.25, -0.2) is 0 Å². The van der Waals surface area contributed by atoms with Crippen molar-refractivity contribution in [3.63, 3.8) is 0 Å². The Morgan fingerprint density at radius 2 is 2.25 bits per heavy atom. The second-order valence-electron chi connectivity index (χ2n) is 6.78. The summed E-state index contributed by atoms with van der Waals surface area (Å²) in [6, 6.07) is 8.03. The van der Waals surface area contributed by atoms with Crippen molar-refractivity contribution in [1.82, 2.24) is 15.0 Å². The molecule has 128 valence electrons. The number of rotatable bonds is 5. The van der Waals surface area contributed by atoms with Gasteiger partial charge in [-0.1, -0.05) is 25.1 Å². The molecule has 0 bridgehead atoms. The van der Waals surface area contributed by atoms with Gasteiger partial charge in [0.25, 0.3) is 5.91 Å². The van der Waals surface area contributed by atoms with E-state index in [1.807, 2.05) is 43.1 Å². The quantitative estimate of drug-likeness (QED) is 0.837. The number of aromatic nitrogens is 2. The first kappa shape index (κ1) is 16.7. The van der Waals surface area contributed by atoms with Crippen molar-refractivity contribution in [2.45, 2.75) is 57.9 Å². The minimum atomic E-state index is -0.00336. The molecule has 24 heavy (non-hydrogen) atoms. The van der Waals surface area contributed by atoms with Crippen molar-refractivity contribution in [2.24, 2.45) is 0 Å². The van der Waals surface area contributed by atoms with E-state index in [0.29, 0.717) is 5.69 Å². The fraction of sp³-hybridized carbons (Fsp3) is 0.526. The summed E-state index contributed by atoms with van der Waals surface area (Å²) in [5.41, 5.74) is 1.52. The lowest BCUT2D eigenvalue weighted by molar-refractivity contribution is 0.0591. The number of amides is 1. The second kappa shape index (κ2) is 7.60. The Bertz CT molecular complexity index is 666. The van der Waals surface area contributed by atoms with Gasteiger partial charge in [0.05, 0.1) is 0 Å². The fourth-order valence-electron chi connectivity index (χ4n) is 3.24. The van der Waals surface area contributed by atoms with Gasteiger partial charge in [-0.05, 0) is 44.2 Å². The summed E-state index contributed by atoms with van der Waals surface area (Å²) < 4.78 is 5.30. The molecule has 1 unspecified atom stereocenters. The Morgan fingerprint density at radius 1 is 1.38 bits per heavy atom. The zero-order valence-electron chi connectivity index (χ0n) is 14.4. The van der Waals surface area contributed by atoms with Crippen LogP contribution in [-0.2, 0) is 6.42 Å². The zero-order chi connectivity index (χ0) is 16.9. The summed E-state index contributed by atoms with van der Waals surface area (Å²) in [6.45, 7) is 4.87. The number of piperidine rings is 1. The normalized spacial score (nSPS) is 18.1. The highest BCUT2D eigenvalue weighted by atomic mass is 16.5. The molecule has 5 nitrogen and oxygen atoms in total. The highest BCUT2D eigenvalue weighted by molar-refractivity contribution is 5.92. The molecule has 1 atom stereocenters. The van der Waals surface area contributed by atoms with Crippen molar-refractivity contribution in [2.75, 3.05) is 6.54 Å². The molecular formula is C19H25N3O2. The molecule has 0 aromatic carbocycles. The summed E-state index contributed by atoms with van der Waals surface area (Å²) in [5.74, 6) is 0.997. The molecule has 0 aliphatic carbocycles. The van der Waals surface area contributed by atoms with Crippen molar-refractivity contribution < 1.29 is 9.32 Å². The van der Waals surface area contributed by atoms with Crippen LogP contribution < -0.4 is 0 Å². The van der Waals surface area contributed by atoms with Crippen LogP contribution in [0.1, 0.15) is 67.4 Å². The molecule has 3 rings (SSSR count). The van der Waals surface area contributed by atoms with Crippen LogP contribution in [0.5, 0.6) is 0 Å². The molecule has 1 aliphatic heterocycles. The van der Waals surface area contributed by atoms with Crippen LogP contribution in [0.2, 0.25) is 0 Å². The highest BCUT2D eigenvalue weighted by Gasteiger charge is 2.29. The SMILES string of the molecule is CC(C)c1cc(C(=O)N2CCCCC2CCc2ccccn2)no1. The monoisotopic (exact) mass is 327 g/mol. The van der Waals surface area contributed by atoms with Gasteiger partial charge in [-0.2, -0.15) is 0 Å². The zero-order valence-corrected chi connectivity index (χ0v) is 14.4. The average molecular weight is 327 g/mol. The molecule has 1 amide bonds. The van der Waals surface area contributed by atoms with Gasteiger partial charge in [0.1, 0.15) is 5.76 Å². The average Bonchev–Trinajstić information content (AvgIpc) is 3.11. The third-order valence-corrected chi connectivity index (χ3v) is 4.66. The summed E-state index contributed by atoms with van der Waals surface area (Å²) in [5, 5.41) is 3.99. The van der Waals surface area contributed by atoms with Gasteiger partial charge < -0.3 is 9.42 Å². The summed E-state index contributed by atoms with van der Waals surface area (Å²) in [4.78, 5) is 19.2. The number of carbonyl (C=O) groups is 1. The number of pyridine rings is 1. The number of carbonyl (C=O) groups excluding carboxylic acids is 1. The molecule has 3 heterocycles. The molecule has 0 spiro atoms. The van der Waals surface area contributed by atoms with Crippen LogP contribution in [-0.4, -0.2) is 33.5 Å². The van der Waals surface area contributed by atoms with Gasteiger partial charge in [0.15, 0.2) is 5.69 Å². The Kier molecular flexibility index (Phi) is 5.28. The van der Waals surface area contributed by atoms with Crippen LogP contribution in [0.15, 0.2) is 35.0 Å². The van der Waals surface area contributed by atoms with Crippen LogP contribution in [0.25, 0.3) is 0 Å². The molecule has 1 fully saturated rings. The van der Waals surface area contributed by atoms with E-state index in [4.69, 9.17) is 4.52 Å². The van der Waals surface area contributed by atoms with E-state index in [0.717, 1.165) is 43.7 Å². The number of nitrogens with zero attached hydrogens (tertiary/aromatic N) is 3. The van der Waals surface area contributed by atoms with Crippen molar-refractivity contribution in [3.8, 4) is 0 Å². The van der Waals surface area contributed by atoms with E-state index in [9.17, 15) is 4.79 Å². The number of likely N-dealkylation sites (tertiary alicyclic amines) is 1. The first-order valence-electron chi connectivity index (χ1n) is 8.82. The number of aryl methyl sites for hydroxylation is 1. The van der Waals surface area contributed by atoms with E-state index < -0.39 is 0 Å². The van der Waals surface area contributed by atoms with Gasteiger partial charge in [0, 0.05) is 36.5 Å². The summed E-state index contributed by atoms with van der Waals surface area (Å²) in [7, 11) is 0. The molecule has 0 radical (unpaired) electrons. The predicted molar refractivity (Wildman–Crippen MR) is 91.8 cm³/mol. The lowest BCUT2D eigenvalue weighted by Crippen LogP contribution is -2.44. The fourth-order valence-corrected chi connectivity index (χ4v) is 3.24. The standard InChI is InChI=1S/C19H25N3O2/c1-14(2)18-13-17(21-24-18)19(23)22-12-6-4-8-16(22)10-9-15-7-3-5-11-20-15/h3,5,7,11,13-14,16H,4,6,8-10,12H2,1-2H3. The first-order valence-corrected chi connectivity index (χ1v) is 8.82. The molecular weight excluding hydrogens is 302 g/mol. The Labute approximate surface area is 143 Å². The van der Waals surface area contributed by atoms with Crippen LogP contribution >= 0.6 is 0 Å². The Morgan fingerprint density at radius 3 is 2.96 bits per heavy atom. The van der Waals surface area contributed by atoms with Crippen molar-refractivity contribution in [1.29, 1.82) is 0 Å². The largest absolute Gasteiger partial charge is 0.360 e. The third-order valence-electron chi connectivity index (χ3n) is 4.66. The molecule has 0 N–H and O–H groups in total. The summed E-state index contributed by atoms with van der Waals surface area (Å²) in [6.07, 6.45) is 6.94. The van der Waals surface area contributed by atoms with E-state index in [-0.39, 0.29) is 17.9 Å². The van der Waals surface area contributed by atoms with Gasteiger partial charge in [-0.15, -0.1) is 0 Å². The molecule has 5 heteroatoms. The van der Waals surface area contributed by atoms with Crippen LogP contribution in [0.4, 0.5) is 0 Å². The van der Waals surface area contributed by atoms with E-state index >= 15 is 0 Å². The molecule has 2 aromatic rings. The third kappa shape index (κ3) is 3.83. The van der Waals surface area contributed by atoms with E-state index in [2.05, 4.69) is 10.1 Å². The van der Waals surface area contributed by atoms with Crippen LogP contribution in [0.3, 0.4) is 0 Å². The molecule has 1 aliphatic rings. The maximum atomic E-state index is 12.8. The molecule has 1 saturated heterocycles. The lowest BCUT2D eigenvalue weighted by atomic mass is 9.96. The topological polar surface area (TPSA) is 59.2 Å². The summed E-state index contributed by atoms with van der Waals surface area (Å²) >= 11 is 0. The second-order valence-corrected chi connectivity index (χ2v) is 6.78. The molecule has 2 aromatic heterocycles. The van der Waals surface area contributed by atoms with Crippen molar-refractivity contribution in [3.05, 3.63) is 47.6 Å². The number of hydrogen-bond donors (Lipinski definition) is 0. The Hall–Kier alpha value is -2.17. The number of hydrogen-bond acceptors (Lipinski definition) is 4. The maximum absolute atomic E-state index is 12.8. The first-order chi connectivity index (χ1) is 11.6. The Balaban J connectivity index is 1.67. The smallest absolute Gasteiger partial charge is 0.276 e. The van der Waals surface area contributed by atoms with Crippen LogP contribution in [0, 0.1) is 0 Å². The van der Waals surface area contributed by atoms with E-state index in [1.165, 1.54) is 6.42 Å². The van der Waals surface area contributed by atoms with Gasteiger partial charge in [0.2, 0.25) is 0 Å².